The Hall–Kier alpha value is -0.590. The average molecular weight is 183 g/mol. The van der Waals surface area contributed by atoms with E-state index in [0.717, 1.165) is 13.0 Å². The number of rotatable bonds is 5. The molecule has 0 saturated carbocycles. The molecule has 0 aromatic carbocycles. The molecule has 1 atom stereocenters. The normalized spacial score (nSPS) is 14.2. The van der Waals surface area contributed by atoms with E-state index in [1.807, 2.05) is 14.0 Å². The van der Waals surface area contributed by atoms with E-state index < -0.39 is 0 Å². The molecule has 0 amide bonds. The molecule has 0 aliphatic carbocycles. The minimum absolute atomic E-state index is 0.0193. The van der Waals surface area contributed by atoms with Crippen molar-refractivity contribution >= 4 is 0 Å². The molecule has 0 saturated heterocycles. The van der Waals surface area contributed by atoms with Crippen LogP contribution in [0.15, 0.2) is 0 Å². The summed E-state index contributed by atoms with van der Waals surface area (Å²) >= 11 is 0. The van der Waals surface area contributed by atoms with Gasteiger partial charge in [-0.3, -0.25) is 4.90 Å². The Labute approximate surface area is 81.5 Å². The Kier molecular flexibility index (Phi) is 4.97. The quantitative estimate of drug-likeness (QED) is 0.697. The smallest absolute Gasteiger partial charge is 0.0972 e. The molecule has 0 heterocycles. The lowest BCUT2D eigenvalue weighted by Gasteiger charge is -2.31. The van der Waals surface area contributed by atoms with Crippen LogP contribution in [-0.4, -0.2) is 31.1 Å². The fourth-order valence-corrected chi connectivity index (χ4v) is 1.35. The molecule has 1 unspecified atom stereocenters. The molecule has 3 heteroatoms. The van der Waals surface area contributed by atoms with E-state index in [9.17, 15) is 0 Å². The number of nitrogens with two attached hydrogens (primary N) is 1. The van der Waals surface area contributed by atoms with Crippen molar-refractivity contribution in [3.8, 4) is 6.07 Å². The van der Waals surface area contributed by atoms with Gasteiger partial charge in [0.15, 0.2) is 0 Å². The van der Waals surface area contributed by atoms with Gasteiger partial charge in [0.2, 0.25) is 0 Å². The lowest BCUT2D eigenvalue weighted by atomic mass is 9.92. The van der Waals surface area contributed by atoms with Crippen molar-refractivity contribution in [2.24, 2.45) is 11.1 Å². The Bertz CT molecular complexity index is 181. The van der Waals surface area contributed by atoms with Crippen LogP contribution < -0.4 is 5.73 Å². The minimum atomic E-state index is 0.0193. The zero-order chi connectivity index (χ0) is 10.5. The zero-order valence-corrected chi connectivity index (χ0v) is 9.17. The van der Waals surface area contributed by atoms with Crippen LogP contribution in [0.1, 0.15) is 27.2 Å². The number of hydrogen-bond acceptors (Lipinski definition) is 3. The highest BCUT2D eigenvalue weighted by Gasteiger charge is 2.21. The van der Waals surface area contributed by atoms with Gasteiger partial charge in [0.05, 0.1) is 12.1 Å². The van der Waals surface area contributed by atoms with Gasteiger partial charge < -0.3 is 5.73 Å². The Morgan fingerprint density at radius 3 is 2.38 bits per heavy atom. The lowest BCUT2D eigenvalue weighted by Crippen LogP contribution is -2.41. The van der Waals surface area contributed by atoms with E-state index in [2.05, 4.69) is 24.8 Å². The molecule has 0 radical (unpaired) electrons. The fraction of sp³-hybridized carbons (Fsp3) is 0.900. The molecule has 13 heavy (non-hydrogen) atoms. The maximum absolute atomic E-state index is 8.84. The molecule has 0 aliphatic rings. The van der Waals surface area contributed by atoms with Crippen LogP contribution in [-0.2, 0) is 0 Å². The molecule has 0 aromatic heterocycles. The first-order valence-corrected chi connectivity index (χ1v) is 4.76. The second-order valence-corrected chi connectivity index (χ2v) is 4.34. The van der Waals surface area contributed by atoms with Crippen LogP contribution in [0.5, 0.6) is 0 Å². The highest BCUT2D eigenvalue weighted by atomic mass is 15.1. The molecular weight excluding hydrogens is 162 g/mol. The maximum atomic E-state index is 8.84. The second kappa shape index (κ2) is 5.21. The molecule has 2 N–H and O–H groups in total. The fourth-order valence-electron chi connectivity index (χ4n) is 1.35. The first kappa shape index (κ1) is 12.4. The summed E-state index contributed by atoms with van der Waals surface area (Å²) in [5.74, 6) is 0. The van der Waals surface area contributed by atoms with Gasteiger partial charge in [0, 0.05) is 6.54 Å². The summed E-state index contributed by atoms with van der Waals surface area (Å²) in [5.41, 5.74) is 5.72. The van der Waals surface area contributed by atoms with Crippen molar-refractivity contribution in [1.82, 2.24) is 4.90 Å². The molecule has 0 aromatic rings. The van der Waals surface area contributed by atoms with Gasteiger partial charge in [-0.05, 0) is 25.4 Å². The Morgan fingerprint density at radius 1 is 1.54 bits per heavy atom. The van der Waals surface area contributed by atoms with E-state index in [1.54, 1.807) is 0 Å². The molecule has 0 fully saturated rings. The van der Waals surface area contributed by atoms with E-state index in [1.165, 1.54) is 0 Å². The molecule has 76 valence electrons. The highest BCUT2D eigenvalue weighted by molar-refractivity contribution is 4.91. The highest BCUT2D eigenvalue weighted by Crippen LogP contribution is 2.15. The summed E-state index contributed by atoms with van der Waals surface area (Å²) in [6.45, 7) is 7.79. The predicted molar refractivity (Wildman–Crippen MR) is 55.2 cm³/mol. The van der Waals surface area contributed by atoms with Crippen molar-refractivity contribution < 1.29 is 0 Å². The van der Waals surface area contributed by atoms with Crippen LogP contribution >= 0.6 is 0 Å². The van der Waals surface area contributed by atoms with Crippen LogP contribution in [0.4, 0.5) is 0 Å². The summed E-state index contributed by atoms with van der Waals surface area (Å²) in [5, 5.41) is 8.84. The van der Waals surface area contributed by atoms with Gasteiger partial charge in [0.1, 0.15) is 0 Å². The number of nitrogens with zero attached hydrogens (tertiary/aromatic N) is 2. The van der Waals surface area contributed by atoms with Crippen molar-refractivity contribution in [1.29, 1.82) is 5.26 Å². The summed E-state index contributed by atoms with van der Waals surface area (Å²) in [6, 6.07) is 2.30. The van der Waals surface area contributed by atoms with Gasteiger partial charge in [0.25, 0.3) is 0 Å². The zero-order valence-electron chi connectivity index (χ0n) is 9.17. The molecule has 0 aliphatic heterocycles. The maximum Gasteiger partial charge on any atom is 0.0972 e. The third-order valence-corrected chi connectivity index (χ3v) is 2.30. The minimum Gasteiger partial charge on any atom is -0.330 e. The molecule has 0 rings (SSSR count). The summed E-state index contributed by atoms with van der Waals surface area (Å²) in [7, 11) is 1.98. The SMILES string of the molecule is CCC(C#N)N(C)CC(C)(C)CN. The second-order valence-electron chi connectivity index (χ2n) is 4.34. The van der Waals surface area contributed by atoms with Crippen LogP contribution in [0.25, 0.3) is 0 Å². The van der Waals surface area contributed by atoms with E-state index in [0.29, 0.717) is 6.54 Å². The number of nitriles is 1. The van der Waals surface area contributed by atoms with E-state index in [-0.39, 0.29) is 11.5 Å². The lowest BCUT2D eigenvalue weighted by molar-refractivity contribution is 0.187. The van der Waals surface area contributed by atoms with Gasteiger partial charge >= 0.3 is 0 Å². The average Bonchev–Trinajstić information content (AvgIpc) is 2.06. The largest absolute Gasteiger partial charge is 0.330 e. The Balaban J connectivity index is 4.14. The standard InChI is InChI=1S/C10H21N3/c1-5-9(6-11)13(4)8-10(2,3)7-12/h9H,5,7-8,12H2,1-4H3. The van der Waals surface area contributed by atoms with Crippen molar-refractivity contribution in [2.45, 2.75) is 33.2 Å². The summed E-state index contributed by atoms with van der Waals surface area (Å²) in [4.78, 5) is 2.08. The van der Waals surface area contributed by atoms with Crippen LogP contribution in [0.3, 0.4) is 0 Å². The first-order valence-electron chi connectivity index (χ1n) is 4.76. The monoisotopic (exact) mass is 183 g/mol. The van der Waals surface area contributed by atoms with E-state index >= 15 is 0 Å². The van der Waals surface area contributed by atoms with Gasteiger partial charge in [-0.25, -0.2) is 0 Å². The topological polar surface area (TPSA) is 53.0 Å². The summed E-state index contributed by atoms with van der Waals surface area (Å²) in [6.07, 6.45) is 0.869. The molecular formula is C10H21N3. The predicted octanol–water partition coefficient (Wildman–Crippen LogP) is 1.21. The number of hydrogen-bond donors (Lipinski definition) is 1. The summed E-state index contributed by atoms with van der Waals surface area (Å²) < 4.78 is 0. The van der Waals surface area contributed by atoms with Gasteiger partial charge in [-0.1, -0.05) is 20.8 Å². The van der Waals surface area contributed by atoms with Crippen LogP contribution in [0, 0.1) is 16.7 Å². The van der Waals surface area contributed by atoms with Gasteiger partial charge in [-0.2, -0.15) is 5.26 Å². The third-order valence-electron chi connectivity index (χ3n) is 2.30. The Morgan fingerprint density at radius 2 is 2.08 bits per heavy atom. The van der Waals surface area contributed by atoms with Crippen molar-refractivity contribution in [3.05, 3.63) is 0 Å². The molecule has 0 bridgehead atoms. The first-order chi connectivity index (χ1) is 5.96. The van der Waals surface area contributed by atoms with Crippen LogP contribution in [0.2, 0.25) is 0 Å². The van der Waals surface area contributed by atoms with Gasteiger partial charge in [-0.15, -0.1) is 0 Å². The van der Waals surface area contributed by atoms with Crippen molar-refractivity contribution in [3.63, 3.8) is 0 Å². The van der Waals surface area contributed by atoms with Crippen molar-refractivity contribution in [2.75, 3.05) is 20.1 Å². The molecule has 3 nitrogen and oxygen atoms in total. The molecule has 0 spiro atoms. The third kappa shape index (κ3) is 4.25. The van der Waals surface area contributed by atoms with E-state index in [4.69, 9.17) is 11.0 Å².